The zero-order chi connectivity index (χ0) is 12.8. The maximum Gasteiger partial charge on any atom is 0.130 e. The molecule has 0 saturated heterocycles. The van der Waals surface area contributed by atoms with Gasteiger partial charge in [0.2, 0.25) is 0 Å². The van der Waals surface area contributed by atoms with E-state index in [-0.39, 0.29) is 6.61 Å². The van der Waals surface area contributed by atoms with Crippen molar-refractivity contribution in [1.29, 1.82) is 5.26 Å². The molecule has 1 atom stereocenters. The second kappa shape index (κ2) is 5.85. The monoisotopic (exact) mass is 246 g/mol. The molecule has 1 aromatic rings. The van der Waals surface area contributed by atoms with Crippen molar-refractivity contribution >= 4 is 0 Å². The van der Waals surface area contributed by atoms with E-state index in [2.05, 4.69) is 6.07 Å². The summed E-state index contributed by atoms with van der Waals surface area (Å²) in [6.45, 7) is 1.20. The van der Waals surface area contributed by atoms with E-state index in [1.165, 1.54) is 0 Å². The molecule has 1 saturated carbocycles. The molecule has 0 aliphatic heterocycles. The van der Waals surface area contributed by atoms with Gasteiger partial charge in [-0.3, -0.25) is 0 Å². The summed E-state index contributed by atoms with van der Waals surface area (Å²) < 4.78 is 10.9. The van der Waals surface area contributed by atoms with Crippen molar-refractivity contribution in [2.45, 2.75) is 18.4 Å². The van der Waals surface area contributed by atoms with Crippen LogP contribution < -0.4 is 10.5 Å². The van der Waals surface area contributed by atoms with Crippen LogP contribution in [0.25, 0.3) is 0 Å². The molecule has 1 fully saturated rings. The van der Waals surface area contributed by atoms with E-state index >= 15 is 0 Å². The first-order chi connectivity index (χ1) is 8.74. The second-order valence-corrected chi connectivity index (χ2v) is 4.64. The largest absolute Gasteiger partial charge is 0.491 e. The fourth-order valence-corrected chi connectivity index (χ4v) is 1.82. The minimum absolute atomic E-state index is 0.284. The van der Waals surface area contributed by atoms with Gasteiger partial charge in [0, 0.05) is 0 Å². The maximum atomic E-state index is 9.04. The molecular weight excluding hydrogens is 228 g/mol. The lowest BCUT2D eigenvalue weighted by molar-refractivity contribution is 0.0713. The van der Waals surface area contributed by atoms with Crippen LogP contribution >= 0.6 is 0 Å². The smallest absolute Gasteiger partial charge is 0.130 e. The van der Waals surface area contributed by atoms with Crippen molar-refractivity contribution in [2.24, 2.45) is 11.7 Å². The molecule has 1 aliphatic rings. The summed E-state index contributed by atoms with van der Waals surface area (Å²) in [4.78, 5) is 0. The molecule has 4 heteroatoms. The summed E-state index contributed by atoms with van der Waals surface area (Å²) in [5, 5.41) is 9.04. The summed E-state index contributed by atoms with van der Waals surface area (Å²) in [6, 6.07) is 11.7. The van der Waals surface area contributed by atoms with E-state index < -0.39 is 5.54 Å². The van der Waals surface area contributed by atoms with E-state index in [0.29, 0.717) is 19.1 Å². The third kappa shape index (κ3) is 3.46. The van der Waals surface area contributed by atoms with Gasteiger partial charge in [0.1, 0.15) is 17.9 Å². The lowest BCUT2D eigenvalue weighted by Crippen LogP contribution is -2.45. The predicted molar refractivity (Wildman–Crippen MR) is 68.0 cm³/mol. The summed E-state index contributed by atoms with van der Waals surface area (Å²) >= 11 is 0. The Morgan fingerprint density at radius 2 is 2.00 bits per heavy atom. The Morgan fingerprint density at radius 1 is 1.28 bits per heavy atom. The standard InChI is InChI=1S/C14H18N2O2/c15-10-14(16,12-6-7-12)11-17-8-9-18-13-4-2-1-3-5-13/h1-5,12H,6-9,11,16H2. The fraction of sp³-hybridized carbons (Fsp3) is 0.500. The topological polar surface area (TPSA) is 68.3 Å². The van der Waals surface area contributed by atoms with E-state index in [1.54, 1.807) is 0 Å². The van der Waals surface area contributed by atoms with Gasteiger partial charge in [0.25, 0.3) is 0 Å². The fourth-order valence-electron chi connectivity index (χ4n) is 1.82. The van der Waals surface area contributed by atoms with Crippen molar-refractivity contribution in [3.8, 4) is 11.8 Å². The first-order valence-corrected chi connectivity index (χ1v) is 6.20. The van der Waals surface area contributed by atoms with Gasteiger partial charge in [-0.05, 0) is 30.9 Å². The second-order valence-electron chi connectivity index (χ2n) is 4.64. The van der Waals surface area contributed by atoms with Gasteiger partial charge in [-0.15, -0.1) is 0 Å². The van der Waals surface area contributed by atoms with E-state index in [9.17, 15) is 0 Å². The number of benzene rings is 1. The van der Waals surface area contributed by atoms with Crippen LogP contribution in [0.1, 0.15) is 12.8 Å². The van der Waals surface area contributed by atoms with Crippen molar-refractivity contribution in [2.75, 3.05) is 19.8 Å². The number of hydrogen-bond donors (Lipinski definition) is 1. The average molecular weight is 246 g/mol. The number of rotatable bonds is 7. The Balaban J connectivity index is 1.63. The van der Waals surface area contributed by atoms with Crippen molar-refractivity contribution in [3.05, 3.63) is 30.3 Å². The molecule has 4 nitrogen and oxygen atoms in total. The van der Waals surface area contributed by atoms with Gasteiger partial charge in [0.15, 0.2) is 0 Å². The van der Waals surface area contributed by atoms with Gasteiger partial charge < -0.3 is 15.2 Å². The van der Waals surface area contributed by atoms with Crippen molar-refractivity contribution in [3.63, 3.8) is 0 Å². The zero-order valence-electron chi connectivity index (χ0n) is 10.3. The van der Waals surface area contributed by atoms with Crippen LogP contribution in [0.2, 0.25) is 0 Å². The van der Waals surface area contributed by atoms with Crippen molar-refractivity contribution in [1.82, 2.24) is 0 Å². The van der Waals surface area contributed by atoms with Gasteiger partial charge in [0.05, 0.1) is 19.3 Å². The van der Waals surface area contributed by atoms with Crippen LogP contribution in [0.5, 0.6) is 5.75 Å². The highest BCUT2D eigenvalue weighted by molar-refractivity contribution is 5.20. The van der Waals surface area contributed by atoms with E-state index in [0.717, 1.165) is 18.6 Å². The molecule has 96 valence electrons. The predicted octanol–water partition coefficient (Wildman–Crippen LogP) is 1.71. The van der Waals surface area contributed by atoms with Crippen LogP contribution in [0, 0.1) is 17.2 Å². The molecule has 2 N–H and O–H groups in total. The molecule has 1 aromatic carbocycles. The molecule has 1 aliphatic carbocycles. The first-order valence-electron chi connectivity index (χ1n) is 6.20. The zero-order valence-corrected chi connectivity index (χ0v) is 10.3. The summed E-state index contributed by atoms with van der Waals surface area (Å²) in [6.07, 6.45) is 2.07. The molecular formula is C14H18N2O2. The molecule has 18 heavy (non-hydrogen) atoms. The Labute approximate surface area is 107 Å². The van der Waals surface area contributed by atoms with Crippen LogP contribution in [0.3, 0.4) is 0 Å². The van der Waals surface area contributed by atoms with Crippen LogP contribution in [-0.4, -0.2) is 25.4 Å². The number of nitrogens with zero attached hydrogens (tertiary/aromatic N) is 1. The highest BCUT2D eigenvalue weighted by Crippen LogP contribution is 2.38. The number of hydrogen-bond acceptors (Lipinski definition) is 4. The third-order valence-electron chi connectivity index (χ3n) is 3.09. The summed E-state index contributed by atoms with van der Waals surface area (Å²) in [5.41, 5.74) is 5.16. The Kier molecular flexibility index (Phi) is 4.19. The van der Waals surface area contributed by atoms with Crippen LogP contribution in [0.15, 0.2) is 30.3 Å². The molecule has 0 radical (unpaired) electrons. The molecule has 2 rings (SSSR count). The van der Waals surface area contributed by atoms with E-state index in [1.807, 2.05) is 30.3 Å². The van der Waals surface area contributed by atoms with Gasteiger partial charge in [-0.25, -0.2) is 0 Å². The van der Waals surface area contributed by atoms with Crippen molar-refractivity contribution < 1.29 is 9.47 Å². The number of para-hydroxylation sites is 1. The minimum atomic E-state index is -0.813. The van der Waals surface area contributed by atoms with Crippen LogP contribution in [-0.2, 0) is 4.74 Å². The average Bonchev–Trinajstić information content (AvgIpc) is 3.24. The van der Waals surface area contributed by atoms with Gasteiger partial charge in [-0.2, -0.15) is 5.26 Å². The highest BCUT2D eigenvalue weighted by Gasteiger charge is 2.42. The highest BCUT2D eigenvalue weighted by atomic mass is 16.5. The summed E-state index contributed by atoms with van der Waals surface area (Å²) in [7, 11) is 0. The normalized spacial score (nSPS) is 17.8. The molecule has 0 spiro atoms. The third-order valence-corrected chi connectivity index (χ3v) is 3.09. The van der Waals surface area contributed by atoms with Gasteiger partial charge >= 0.3 is 0 Å². The Morgan fingerprint density at radius 3 is 2.61 bits per heavy atom. The molecule has 0 aromatic heterocycles. The van der Waals surface area contributed by atoms with E-state index in [4.69, 9.17) is 20.5 Å². The minimum Gasteiger partial charge on any atom is -0.491 e. The number of ether oxygens (including phenoxy) is 2. The molecule has 1 unspecified atom stereocenters. The Bertz CT molecular complexity index is 412. The Hall–Kier alpha value is -1.57. The number of nitriles is 1. The molecule has 0 amide bonds. The molecule has 0 bridgehead atoms. The van der Waals surface area contributed by atoms with Gasteiger partial charge in [-0.1, -0.05) is 18.2 Å². The quantitative estimate of drug-likeness (QED) is 0.744. The lowest BCUT2D eigenvalue weighted by Gasteiger charge is -2.20. The molecule has 0 heterocycles. The lowest BCUT2D eigenvalue weighted by atomic mass is 9.98. The number of nitrogens with two attached hydrogens (primary N) is 1. The summed E-state index contributed by atoms with van der Waals surface area (Å²) in [5.74, 6) is 1.13. The SMILES string of the molecule is N#CC(N)(COCCOc1ccccc1)C1CC1. The van der Waals surface area contributed by atoms with Crippen LogP contribution in [0.4, 0.5) is 0 Å². The maximum absolute atomic E-state index is 9.04. The first kappa shape index (κ1) is 12.9.